The molecular weight excluding hydrogens is 297 g/mol. The van der Waals surface area contributed by atoms with Gasteiger partial charge in [0.1, 0.15) is 5.60 Å². The van der Waals surface area contributed by atoms with Gasteiger partial charge in [-0.15, -0.1) is 0 Å². The fraction of sp³-hybridized carbons (Fsp3) is 0.417. The first kappa shape index (κ1) is 20.0. The van der Waals surface area contributed by atoms with E-state index in [1.165, 1.54) is 24.3 Å². The number of carbonyl (C=O) groups excluding carboxylic acids is 1. The molecule has 0 heterocycles. The molecule has 1 aromatic rings. The molecule has 3 nitrogen and oxygen atoms in total. The maximum absolute atomic E-state index is 12.3. The van der Waals surface area contributed by atoms with Crippen molar-refractivity contribution in [1.82, 2.24) is 0 Å². The number of hydrogen-bond donors (Lipinski definition) is 1. The van der Waals surface area contributed by atoms with Gasteiger partial charge in [-0.3, -0.25) is 5.32 Å². The van der Waals surface area contributed by atoms with E-state index in [1.54, 1.807) is 20.8 Å². The van der Waals surface area contributed by atoms with Crippen LogP contribution in [0.1, 0.15) is 26.3 Å². The van der Waals surface area contributed by atoms with Crippen molar-refractivity contribution in [1.29, 1.82) is 0 Å². The van der Waals surface area contributed by atoms with Gasteiger partial charge in [-0.05, 0) is 32.9 Å². The Morgan fingerprint density at radius 2 is 1.90 bits per heavy atom. The van der Waals surface area contributed by atoms with Crippen LogP contribution in [-0.2, 0) is 11.1 Å². The molecule has 0 bridgehead atoms. The summed E-state index contributed by atoms with van der Waals surface area (Å²) in [4.78, 5) is 11.5. The third-order valence-corrected chi connectivity index (χ3v) is 2.04. The topological polar surface area (TPSA) is 38.3 Å². The summed E-state index contributed by atoms with van der Waals surface area (Å²) in [7, 11) is 0. The molecule has 0 saturated carbocycles. The number of amides is 1. The predicted octanol–water partition coefficient (Wildman–Crippen LogP) is 0.967. The van der Waals surface area contributed by atoms with Gasteiger partial charge in [0, 0.05) is 5.69 Å². The Balaban J connectivity index is 0.00000361. The average molecular weight is 313 g/mol. The maximum Gasteiger partial charge on any atom is 1.00 e. The van der Waals surface area contributed by atoms with Gasteiger partial charge in [0.2, 0.25) is 0 Å². The van der Waals surface area contributed by atoms with Gasteiger partial charge in [-0.25, -0.2) is 4.79 Å². The van der Waals surface area contributed by atoms with Gasteiger partial charge in [-0.1, -0.05) is 24.0 Å². The molecule has 0 spiro atoms. The second kappa shape index (κ2) is 7.84. The monoisotopic (exact) mass is 313 g/mol. The molecule has 106 valence electrons. The summed E-state index contributed by atoms with van der Waals surface area (Å²) in [5.41, 5.74) is -0.260. The minimum absolute atomic E-state index is 0. The van der Waals surface area contributed by atoms with E-state index in [2.05, 4.69) is 5.32 Å². The van der Waals surface area contributed by atoms with E-state index >= 15 is 0 Å². The van der Waals surface area contributed by atoms with Gasteiger partial charge in [0.05, 0.1) is 0 Å². The number of nitrogens with one attached hydrogen (secondary N) is 1. The summed E-state index contributed by atoms with van der Waals surface area (Å²) in [5.74, 6) is 0. The normalized spacial score (nSPS) is 11.5. The number of carbonyl (C=O) groups is 1. The molecule has 0 aliphatic heterocycles. The summed E-state index contributed by atoms with van der Waals surface area (Å²) in [5, 5.41) is 2.40. The van der Waals surface area contributed by atoms with Crippen molar-refractivity contribution >= 4 is 18.8 Å². The van der Waals surface area contributed by atoms with Gasteiger partial charge in [-0.2, -0.15) is 0 Å². The molecule has 0 fully saturated rings. The number of hydrogen-bond acceptors (Lipinski definition) is 2. The SMILES string of the molecule is CC(C)(C)OC(=O)Nc1cccc(C[B-](F)(F)F)c1.[K+]. The molecule has 1 N–H and O–H groups in total. The minimum atomic E-state index is -4.89. The van der Waals surface area contributed by atoms with Crippen molar-refractivity contribution < 1.29 is 73.9 Å². The van der Waals surface area contributed by atoms with E-state index in [-0.39, 0.29) is 62.6 Å². The molecule has 0 aliphatic rings. The Morgan fingerprint density at radius 1 is 1.30 bits per heavy atom. The number of ether oxygens (including phenoxy) is 1. The average Bonchev–Trinajstić information content (AvgIpc) is 2.11. The molecule has 20 heavy (non-hydrogen) atoms. The molecule has 1 rings (SSSR count). The number of rotatable bonds is 3. The van der Waals surface area contributed by atoms with Gasteiger partial charge in [0.25, 0.3) is 0 Å². The number of halogens is 3. The van der Waals surface area contributed by atoms with Crippen LogP contribution in [0, 0.1) is 0 Å². The van der Waals surface area contributed by atoms with Crippen molar-refractivity contribution in [2.75, 3.05) is 5.32 Å². The van der Waals surface area contributed by atoms with Crippen LogP contribution in [0.4, 0.5) is 23.4 Å². The van der Waals surface area contributed by atoms with Crippen molar-refractivity contribution in [2.45, 2.75) is 32.7 Å². The van der Waals surface area contributed by atoms with Gasteiger partial charge >= 0.3 is 64.5 Å². The van der Waals surface area contributed by atoms with E-state index < -0.39 is 25.0 Å². The Morgan fingerprint density at radius 3 is 2.40 bits per heavy atom. The van der Waals surface area contributed by atoms with Crippen LogP contribution in [0.25, 0.3) is 0 Å². The first-order valence-electron chi connectivity index (χ1n) is 5.85. The smallest absolute Gasteiger partial charge is 0.449 e. The molecule has 0 aliphatic carbocycles. The molecule has 0 unspecified atom stereocenters. The maximum atomic E-state index is 12.3. The first-order chi connectivity index (χ1) is 8.55. The molecule has 1 amide bonds. The quantitative estimate of drug-likeness (QED) is 0.845. The zero-order chi connectivity index (χ0) is 14.7. The first-order valence-corrected chi connectivity index (χ1v) is 5.85. The van der Waals surface area contributed by atoms with Crippen molar-refractivity contribution in [2.24, 2.45) is 0 Å². The summed E-state index contributed by atoms with van der Waals surface area (Å²) >= 11 is 0. The zero-order valence-electron chi connectivity index (χ0n) is 12.0. The Hall–Kier alpha value is -0.0187. The van der Waals surface area contributed by atoms with Crippen LogP contribution in [0.2, 0.25) is 0 Å². The largest absolute Gasteiger partial charge is 1.00 e. The molecule has 0 radical (unpaired) electrons. The van der Waals surface area contributed by atoms with Crippen molar-refractivity contribution in [3.8, 4) is 0 Å². The van der Waals surface area contributed by atoms with Crippen molar-refractivity contribution in [3.63, 3.8) is 0 Å². The van der Waals surface area contributed by atoms with E-state index in [9.17, 15) is 17.7 Å². The number of benzene rings is 1. The summed E-state index contributed by atoms with van der Waals surface area (Å²) in [6, 6.07) is 5.63. The van der Waals surface area contributed by atoms with Crippen LogP contribution in [0.15, 0.2) is 24.3 Å². The predicted molar refractivity (Wildman–Crippen MR) is 69.1 cm³/mol. The second-order valence-corrected chi connectivity index (χ2v) is 5.24. The Bertz CT molecular complexity index is 461. The van der Waals surface area contributed by atoms with E-state index in [0.717, 1.165) is 0 Å². The number of anilines is 1. The zero-order valence-corrected chi connectivity index (χ0v) is 15.2. The van der Waals surface area contributed by atoms with E-state index in [4.69, 9.17) is 4.74 Å². The van der Waals surface area contributed by atoms with Crippen LogP contribution in [-0.4, -0.2) is 18.7 Å². The van der Waals surface area contributed by atoms with E-state index in [0.29, 0.717) is 0 Å². The van der Waals surface area contributed by atoms with Crippen LogP contribution < -0.4 is 56.7 Å². The summed E-state index contributed by atoms with van der Waals surface area (Å²) < 4.78 is 41.9. The molecule has 0 aromatic heterocycles. The third kappa shape index (κ3) is 9.02. The standard InChI is InChI=1S/C12H16BF3NO2.K/c1-12(2,3)19-11(18)17-10-6-4-5-9(7-10)8-13(14,15)16;/h4-7H,8H2,1-3H3,(H,17,18);/q-1;+1. The molecule has 8 heteroatoms. The molecule has 0 saturated heterocycles. The fourth-order valence-electron chi connectivity index (χ4n) is 1.46. The third-order valence-electron chi connectivity index (χ3n) is 2.04. The summed E-state index contributed by atoms with van der Waals surface area (Å²) in [6.45, 7) is 0.221. The second-order valence-electron chi connectivity index (χ2n) is 5.24. The molecule has 1 aromatic carbocycles. The Labute approximate surface area is 159 Å². The fourth-order valence-corrected chi connectivity index (χ4v) is 1.46. The molecule has 0 atom stereocenters. The van der Waals surface area contributed by atoms with Gasteiger partial charge in [0.15, 0.2) is 0 Å². The Kier molecular flexibility index (Phi) is 7.83. The van der Waals surface area contributed by atoms with Crippen LogP contribution >= 0.6 is 0 Å². The van der Waals surface area contributed by atoms with E-state index in [1.807, 2.05) is 0 Å². The van der Waals surface area contributed by atoms with Gasteiger partial charge < -0.3 is 17.7 Å². The van der Waals surface area contributed by atoms with Crippen LogP contribution in [0.5, 0.6) is 0 Å². The van der Waals surface area contributed by atoms with Crippen molar-refractivity contribution in [3.05, 3.63) is 29.8 Å². The molecular formula is C12H16BF3KNO2. The minimum Gasteiger partial charge on any atom is -0.449 e. The van der Waals surface area contributed by atoms with Crippen LogP contribution in [0.3, 0.4) is 0 Å². The summed E-state index contributed by atoms with van der Waals surface area (Å²) in [6.07, 6.45) is -1.66.